The van der Waals surface area contributed by atoms with Crippen molar-refractivity contribution < 1.29 is 34.8 Å². The van der Waals surface area contributed by atoms with Crippen molar-refractivity contribution in [1.29, 1.82) is 0 Å². The first-order chi connectivity index (χ1) is 8.74. The fourth-order valence-electron chi connectivity index (χ4n) is 1.35. The van der Waals surface area contributed by atoms with E-state index in [-0.39, 0.29) is 0 Å². The summed E-state index contributed by atoms with van der Waals surface area (Å²) >= 11 is -3.49. The van der Waals surface area contributed by atoms with Crippen LogP contribution < -0.4 is 0 Å². The second-order valence-electron chi connectivity index (χ2n) is 3.95. The molecule has 0 saturated carbocycles. The molecule has 0 aliphatic heterocycles. The van der Waals surface area contributed by atoms with Crippen molar-refractivity contribution in [2.75, 3.05) is 26.4 Å². The Bertz CT molecular complexity index is 222. The van der Waals surface area contributed by atoms with Gasteiger partial charge in [0.05, 0.1) is 0 Å². The normalized spacial score (nSPS) is 11.3. The quantitative estimate of drug-likeness (QED) is 0.405. The van der Waals surface area contributed by atoms with Gasteiger partial charge in [0.2, 0.25) is 0 Å². The van der Waals surface area contributed by atoms with E-state index < -0.39 is 21.6 Å². The summed E-state index contributed by atoms with van der Waals surface area (Å²) in [5.41, 5.74) is 0. The molecule has 0 radical (unpaired) electrons. The summed E-state index contributed by atoms with van der Waals surface area (Å²) in [6.45, 7) is 8.49. The van der Waals surface area contributed by atoms with Crippen LogP contribution in [0.2, 0.25) is 4.13 Å². The molecule has 0 aliphatic carbocycles. The maximum atomic E-state index is 10.1. The predicted molar refractivity (Wildman–Crippen MR) is 66.5 cm³/mol. The molecule has 0 atom stereocenters. The van der Waals surface area contributed by atoms with Crippen LogP contribution in [0, 0.1) is 0 Å². The predicted octanol–water partition coefficient (Wildman–Crippen LogP) is 2.92. The van der Waals surface area contributed by atoms with E-state index in [4.69, 9.17) is 8.44 Å². The molecule has 0 rings (SSSR count). The Morgan fingerprint density at radius 1 is 0.944 bits per heavy atom. The molecule has 0 aromatic carbocycles. The molecular weight excluding hydrogens is 313 g/mol. The SMILES string of the molecule is CCC[O][Zr]([CH2]CN=C=O)([O]CCC)[O]CCC. The molecule has 18 heavy (non-hydrogen) atoms. The van der Waals surface area contributed by atoms with E-state index >= 15 is 0 Å². The molecule has 0 aromatic heterocycles. The fourth-order valence-corrected chi connectivity index (χ4v) is 7.78. The van der Waals surface area contributed by atoms with Gasteiger partial charge >= 0.3 is 116 Å². The second-order valence-corrected chi connectivity index (χ2v) is 10.7. The Labute approximate surface area is 116 Å². The second kappa shape index (κ2) is 12.2. The van der Waals surface area contributed by atoms with E-state index in [1.165, 1.54) is 0 Å². The van der Waals surface area contributed by atoms with Gasteiger partial charge in [0.1, 0.15) is 0 Å². The van der Waals surface area contributed by atoms with Gasteiger partial charge in [0, 0.05) is 0 Å². The molecule has 0 spiro atoms. The summed E-state index contributed by atoms with van der Waals surface area (Å²) < 4.78 is 18.3. The van der Waals surface area contributed by atoms with Crippen LogP contribution in [0.15, 0.2) is 4.99 Å². The fraction of sp³-hybridized carbons (Fsp3) is 0.917. The van der Waals surface area contributed by atoms with Gasteiger partial charge in [-0.1, -0.05) is 0 Å². The number of hydrogen-bond donors (Lipinski definition) is 0. The van der Waals surface area contributed by atoms with Gasteiger partial charge in [-0.2, -0.15) is 0 Å². The summed E-state index contributed by atoms with van der Waals surface area (Å²) in [7, 11) is 0. The molecule has 0 N–H and O–H groups in total. The van der Waals surface area contributed by atoms with Crippen LogP contribution in [0.25, 0.3) is 0 Å². The van der Waals surface area contributed by atoms with Crippen LogP contribution in [0.1, 0.15) is 40.0 Å². The topological polar surface area (TPSA) is 57.1 Å². The molecule has 0 heterocycles. The number of nitrogens with zero attached hydrogens (tertiary/aromatic N) is 1. The third kappa shape index (κ3) is 8.28. The van der Waals surface area contributed by atoms with Crippen LogP contribution >= 0.6 is 0 Å². The zero-order valence-electron chi connectivity index (χ0n) is 11.7. The zero-order chi connectivity index (χ0) is 13.7. The van der Waals surface area contributed by atoms with E-state index in [1.54, 1.807) is 6.08 Å². The van der Waals surface area contributed by atoms with Crippen molar-refractivity contribution >= 4 is 6.08 Å². The summed E-state index contributed by atoms with van der Waals surface area (Å²) in [6, 6.07) is 0. The number of isocyanates is 1. The molecule has 5 nitrogen and oxygen atoms in total. The molecule has 0 unspecified atom stereocenters. The van der Waals surface area contributed by atoms with Crippen LogP contribution in [0.4, 0.5) is 0 Å². The number of rotatable bonds is 12. The number of hydrogen-bond acceptors (Lipinski definition) is 5. The minimum atomic E-state index is -3.49. The van der Waals surface area contributed by atoms with Crippen molar-refractivity contribution in [3.05, 3.63) is 0 Å². The van der Waals surface area contributed by atoms with Gasteiger partial charge in [-0.05, 0) is 0 Å². The Morgan fingerprint density at radius 2 is 1.39 bits per heavy atom. The van der Waals surface area contributed by atoms with Gasteiger partial charge in [-0.3, -0.25) is 0 Å². The zero-order valence-corrected chi connectivity index (χ0v) is 14.2. The van der Waals surface area contributed by atoms with Gasteiger partial charge in [-0.25, -0.2) is 0 Å². The van der Waals surface area contributed by atoms with Crippen molar-refractivity contribution in [3.63, 3.8) is 0 Å². The van der Waals surface area contributed by atoms with Gasteiger partial charge in [-0.15, -0.1) is 0 Å². The first-order valence-electron chi connectivity index (χ1n) is 6.70. The van der Waals surface area contributed by atoms with Gasteiger partial charge < -0.3 is 0 Å². The van der Waals surface area contributed by atoms with Crippen LogP contribution in [-0.4, -0.2) is 32.4 Å². The molecule has 0 amide bonds. The Morgan fingerprint density at radius 3 is 1.72 bits per heavy atom. The van der Waals surface area contributed by atoms with Crippen molar-refractivity contribution in [1.82, 2.24) is 0 Å². The van der Waals surface area contributed by atoms with E-state index in [1.807, 2.05) is 0 Å². The molecule has 6 heteroatoms. The first-order valence-corrected chi connectivity index (χ1v) is 11.4. The molecule has 0 aromatic rings. The summed E-state index contributed by atoms with van der Waals surface area (Å²) in [5, 5.41) is 0. The van der Waals surface area contributed by atoms with Crippen LogP contribution in [0.5, 0.6) is 0 Å². The average molecular weight is 339 g/mol. The molecule has 0 saturated heterocycles. The van der Waals surface area contributed by atoms with E-state index in [9.17, 15) is 4.79 Å². The number of carbonyl (C=O) groups excluding carboxylic acids is 1. The van der Waals surface area contributed by atoms with E-state index in [0.717, 1.165) is 19.3 Å². The van der Waals surface area contributed by atoms with E-state index in [0.29, 0.717) is 30.5 Å². The summed E-state index contributed by atoms with van der Waals surface area (Å²) in [4.78, 5) is 13.7. The maximum absolute atomic E-state index is 10.1. The first kappa shape index (κ1) is 18.1. The Balaban J connectivity index is 4.55. The van der Waals surface area contributed by atoms with Crippen molar-refractivity contribution in [2.45, 2.75) is 44.2 Å². The van der Waals surface area contributed by atoms with Crippen molar-refractivity contribution in [3.8, 4) is 0 Å². The molecule has 0 fully saturated rings. The Kier molecular flexibility index (Phi) is 12.3. The summed E-state index contributed by atoms with van der Waals surface area (Å²) in [5.74, 6) is 0. The minimum absolute atomic E-state index is 0.386. The Hall–Kier alpha value is 0.143. The van der Waals surface area contributed by atoms with Crippen LogP contribution in [-0.2, 0) is 34.8 Å². The third-order valence-corrected chi connectivity index (χ3v) is 8.98. The van der Waals surface area contributed by atoms with Crippen molar-refractivity contribution in [2.24, 2.45) is 4.99 Å². The molecule has 106 valence electrons. The van der Waals surface area contributed by atoms with Gasteiger partial charge in [0.15, 0.2) is 0 Å². The standard InChI is InChI=1S/C3H4NO.3C3H7O.Zr/c1-2-4-3-5;3*1-2-3-4;/h1-2H2;3*2-3H2,1H3;/q;3*-1;+3. The monoisotopic (exact) mass is 337 g/mol. The molecular formula is C12H25NO4Zr. The van der Waals surface area contributed by atoms with Crippen LogP contribution in [0.3, 0.4) is 0 Å². The summed E-state index contributed by atoms with van der Waals surface area (Å²) in [6.07, 6.45) is 4.34. The van der Waals surface area contributed by atoms with Gasteiger partial charge in [0.25, 0.3) is 0 Å². The van der Waals surface area contributed by atoms with E-state index in [2.05, 4.69) is 25.8 Å². The molecule has 0 aliphatic rings. The third-order valence-electron chi connectivity index (χ3n) is 2.17. The number of aliphatic imine (C=N–C) groups is 1. The molecule has 0 bridgehead atoms. The average Bonchev–Trinajstić information content (AvgIpc) is 2.40.